The van der Waals surface area contributed by atoms with Crippen molar-refractivity contribution in [2.45, 2.75) is 9.99 Å². The Balaban J connectivity index is 2.61. The van der Waals surface area contributed by atoms with E-state index < -0.39 is 20.6 Å². The maximum atomic E-state index is 12.3. The molecule has 6 nitrogen and oxygen atoms in total. The van der Waals surface area contributed by atoms with Gasteiger partial charge in [0, 0.05) is 0 Å². The van der Waals surface area contributed by atoms with E-state index in [4.69, 9.17) is 9.62 Å². The highest BCUT2D eigenvalue weighted by molar-refractivity contribution is 7.91. The van der Waals surface area contributed by atoms with E-state index in [1.165, 1.54) is 18.2 Å². The molecule has 0 fully saturated rings. The standard InChI is InChI=1S/C12H9NO5S/c14-8-11(13-15)10-6-7-18-12(10)19(16,17)9-4-2-1-3-5-9/h1-8,15H. The van der Waals surface area contributed by atoms with Gasteiger partial charge in [0.1, 0.15) is 0 Å². The fraction of sp³-hybridized carbons (Fsp3) is 0. The van der Waals surface area contributed by atoms with Crippen LogP contribution in [-0.4, -0.2) is 25.6 Å². The summed E-state index contributed by atoms with van der Waals surface area (Å²) in [6, 6.07) is 8.86. The van der Waals surface area contributed by atoms with Crippen LogP contribution in [0.1, 0.15) is 5.56 Å². The molecule has 1 aromatic carbocycles. The number of nitrogens with zero attached hydrogens (tertiary/aromatic N) is 1. The first-order valence-corrected chi connectivity index (χ1v) is 6.65. The van der Waals surface area contributed by atoms with Gasteiger partial charge in [0.05, 0.1) is 16.7 Å². The number of carbonyl (C=O) groups excluding carboxylic acids is 1. The Kier molecular flexibility index (Phi) is 3.48. The third-order valence-corrected chi connectivity index (χ3v) is 4.12. The Morgan fingerprint density at radius 3 is 2.47 bits per heavy atom. The summed E-state index contributed by atoms with van der Waals surface area (Å²) >= 11 is 0. The van der Waals surface area contributed by atoms with Crippen molar-refractivity contribution in [1.82, 2.24) is 0 Å². The molecule has 0 radical (unpaired) electrons. The van der Waals surface area contributed by atoms with Gasteiger partial charge in [-0.05, 0) is 18.2 Å². The monoisotopic (exact) mass is 279 g/mol. The SMILES string of the molecule is O=CC(=NO)c1ccoc1S(=O)(=O)c1ccccc1. The molecule has 0 aliphatic heterocycles. The van der Waals surface area contributed by atoms with E-state index in [1.54, 1.807) is 18.2 Å². The van der Waals surface area contributed by atoms with Crippen molar-refractivity contribution in [2.75, 3.05) is 0 Å². The van der Waals surface area contributed by atoms with Gasteiger partial charge in [-0.15, -0.1) is 0 Å². The minimum Gasteiger partial charge on any atom is -0.452 e. The summed E-state index contributed by atoms with van der Waals surface area (Å²) in [5.74, 6) is 0. The second kappa shape index (κ2) is 5.07. The van der Waals surface area contributed by atoms with E-state index in [1.807, 2.05) is 0 Å². The van der Waals surface area contributed by atoms with Gasteiger partial charge in [0.15, 0.2) is 12.0 Å². The van der Waals surface area contributed by atoms with Crippen molar-refractivity contribution < 1.29 is 22.8 Å². The zero-order chi connectivity index (χ0) is 13.9. The maximum Gasteiger partial charge on any atom is 0.240 e. The molecule has 0 saturated heterocycles. The molecule has 1 heterocycles. The molecule has 0 atom stereocenters. The normalized spacial score (nSPS) is 12.3. The number of oxime groups is 1. The van der Waals surface area contributed by atoms with Crippen LogP contribution >= 0.6 is 0 Å². The molecule has 1 aromatic heterocycles. The van der Waals surface area contributed by atoms with Gasteiger partial charge >= 0.3 is 0 Å². The largest absolute Gasteiger partial charge is 0.452 e. The molecule has 19 heavy (non-hydrogen) atoms. The molecule has 98 valence electrons. The molecule has 0 bridgehead atoms. The lowest BCUT2D eigenvalue weighted by molar-refractivity contribution is -0.102. The van der Waals surface area contributed by atoms with Crippen molar-refractivity contribution in [3.63, 3.8) is 0 Å². The Labute approximate surface area is 108 Å². The number of benzene rings is 1. The highest BCUT2D eigenvalue weighted by Gasteiger charge is 2.27. The molecular weight excluding hydrogens is 270 g/mol. The van der Waals surface area contributed by atoms with E-state index in [9.17, 15) is 13.2 Å². The van der Waals surface area contributed by atoms with Crippen molar-refractivity contribution in [3.8, 4) is 0 Å². The minimum atomic E-state index is -3.91. The van der Waals surface area contributed by atoms with Gasteiger partial charge in [0.25, 0.3) is 0 Å². The Morgan fingerprint density at radius 1 is 1.21 bits per heavy atom. The van der Waals surface area contributed by atoms with Crippen molar-refractivity contribution in [2.24, 2.45) is 5.16 Å². The van der Waals surface area contributed by atoms with Gasteiger partial charge in [-0.25, -0.2) is 8.42 Å². The molecular formula is C12H9NO5S. The van der Waals surface area contributed by atoms with Gasteiger partial charge in [-0.2, -0.15) is 0 Å². The lowest BCUT2D eigenvalue weighted by Crippen LogP contribution is -2.09. The first-order valence-electron chi connectivity index (χ1n) is 5.16. The summed E-state index contributed by atoms with van der Waals surface area (Å²) in [6.07, 6.45) is 1.36. The smallest absolute Gasteiger partial charge is 0.240 e. The Bertz CT molecular complexity index is 716. The number of hydrogen-bond acceptors (Lipinski definition) is 6. The highest BCUT2D eigenvalue weighted by atomic mass is 32.2. The van der Waals surface area contributed by atoms with Crippen LogP contribution < -0.4 is 0 Å². The van der Waals surface area contributed by atoms with Gasteiger partial charge in [-0.1, -0.05) is 23.4 Å². The Hall–Kier alpha value is -2.41. The Morgan fingerprint density at radius 2 is 1.89 bits per heavy atom. The third kappa shape index (κ3) is 2.27. The van der Waals surface area contributed by atoms with E-state index in [0.29, 0.717) is 0 Å². The van der Waals surface area contributed by atoms with Gasteiger partial charge < -0.3 is 9.62 Å². The molecule has 2 aromatic rings. The van der Waals surface area contributed by atoms with E-state index >= 15 is 0 Å². The minimum absolute atomic E-state index is 0.0226. The number of sulfone groups is 1. The number of carbonyl (C=O) groups is 1. The van der Waals surface area contributed by atoms with E-state index in [2.05, 4.69) is 5.16 Å². The molecule has 2 rings (SSSR count). The van der Waals surface area contributed by atoms with Crippen LogP contribution in [0, 0.1) is 0 Å². The van der Waals surface area contributed by atoms with Crippen LogP contribution in [0.25, 0.3) is 0 Å². The molecule has 0 unspecified atom stereocenters. The average Bonchev–Trinajstić information content (AvgIpc) is 2.91. The summed E-state index contributed by atoms with van der Waals surface area (Å²) in [6.45, 7) is 0. The van der Waals surface area contributed by atoms with Crippen LogP contribution in [0.4, 0.5) is 0 Å². The number of furan rings is 1. The number of rotatable bonds is 4. The maximum absolute atomic E-state index is 12.3. The number of aldehydes is 1. The summed E-state index contributed by atoms with van der Waals surface area (Å²) in [5.41, 5.74) is -0.496. The molecule has 7 heteroatoms. The van der Waals surface area contributed by atoms with Gasteiger partial charge in [0.2, 0.25) is 14.9 Å². The predicted molar refractivity (Wildman–Crippen MR) is 65.0 cm³/mol. The van der Waals surface area contributed by atoms with Gasteiger partial charge in [-0.3, -0.25) is 4.79 Å². The van der Waals surface area contributed by atoms with E-state index in [0.717, 1.165) is 6.26 Å². The van der Waals surface area contributed by atoms with Crippen LogP contribution in [0.2, 0.25) is 0 Å². The first kappa shape index (κ1) is 13.0. The zero-order valence-electron chi connectivity index (χ0n) is 9.55. The van der Waals surface area contributed by atoms with E-state index in [-0.39, 0.29) is 16.7 Å². The molecule has 1 N–H and O–H groups in total. The van der Waals surface area contributed by atoms with Crippen LogP contribution in [0.5, 0.6) is 0 Å². The number of hydrogen-bond donors (Lipinski definition) is 1. The fourth-order valence-corrected chi connectivity index (χ4v) is 2.91. The molecule has 0 aliphatic rings. The molecule has 0 spiro atoms. The summed E-state index contributed by atoms with van der Waals surface area (Å²) in [7, 11) is -3.91. The topological polar surface area (TPSA) is 96.9 Å². The van der Waals surface area contributed by atoms with Crippen LogP contribution in [0.3, 0.4) is 0 Å². The fourth-order valence-electron chi connectivity index (χ4n) is 1.54. The van der Waals surface area contributed by atoms with Crippen LogP contribution in [-0.2, 0) is 14.6 Å². The zero-order valence-corrected chi connectivity index (χ0v) is 10.4. The second-order valence-corrected chi connectivity index (χ2v) is 5.39. The molecule has 0 amide bonds. The predicted octanol–water partition coefficient (Wildman–Crippen LogP) is 1.49. The third-order valence-electron chi connectivity index (χ3n) is 2.42. The summed E-state index contributed by atoms with van der Waals surface area (Å²) < 4.78 is 29.5. The highest BCUT2D eigenvalue weighted by Crippen LogP contribution is 2.25. The van der Waals surface area contributed by atoms with Crippen molar-refractivity contribution in [1.29, 1.82) is 0 Å². The molecule has 0 saturated carbocycles. The lowest BCUT2D eigenvalue weighted by atomic mass is 10.2. The second-order valence-electron chi connectivity index (χ2n) is 3.54. The van der Waals surface area contributed by atoms with Crippen molar-refractivity contribution in [3.05, 3.63) is 48.2 Å². The van der Waals surface area contributed by atoms with Crippen LogP contribution in [0.15, 0.2) is 62.2 Å². The first-order chi connectivity index (χ1) is 9.11. The summed E-state index contributed by atoms with van der Waals surface area (Å²) in [4.78, 5) is 10.7. The summed E-state index contributed by atoms with van der Waals surface area (Å²) in [5, 5.41) is 11.0. The molecule has 0 aliphatic carbocycles. The lowest BCUT2D eigenvalue weighted by Gasteiger charge is -2.03. The quantitative estimate of drug-likeness (QED) is 0.396. The van der Waals surface area contributed by atoms with Crippen molar-refractivity contribution >= 4 is 21.8 Å². The average molecular weight is 279 g/mol.